The molecule has 0 saturated carbocycles. The van der Waals surface area contributed by atoms with E-state index in [1.54, 1.807) is 36.2 Å². The standard InChI is InChI=1S/C27H32N6O5/c1-36-24-4-2-3-23-26(24)38-19-21-18-33(30-29-21)15-16-37-22-7-5-20(6-8-22)17-25(34)28-9-10-31-11-13-32(14-12-31)27(23)35/h2-8,18H,9-17,19H2,1H3,(H,28,34). The van der Waals surface area contributed by atoms with E-state index in [2.05, 4.69) is 20.5 Å². The average Bonchev–Trinajstić information content (AvgIpc) is 3.40. The van der Waals surface area contributed by atoms with Crippen molar-refractivity contribution in [3.8, 4) is 17.2 Å². The fraction of sp³-hybridized carbons (Fsp3) is 0.407. The SMILES string of the molecule is COc1cccc2c1OCc1cn(nn1)CCOc1ccc(cc1)CC(=O)NCCN1CCN(CC1)C2=O. The lowest BCUT2D eigenvalue weighted by Gasteiger charge is -2.35. The zero-order valence-electron chi connectivity index (χ0n) is 21.5. The van der Waals surface area contributed by atoms with Crippen molar-refractivity contribution in [1.29, 1.82) is 0 Å². The van der Waals surface area contributed by atoms with Crippen LogP contribution in [0.5, 0.6) is 17.2 Å². The Hall–Kier alpha value is -4.12. The molecule has 0 atom stereocenters. The summed E-state index contributed by atoms with van der Waals surface area (Å²) in [6.07, 6.45) is 2.11. The van der Waals surface area contributed by atoms with Crippen molar-refractivity contribution in [2.45, 2.75) is 19.6 Å². The summed E-state index contributed by atoms with van der Waals surface area (Å²) >= 11 is 0. The van der Waals surface area contributed by atoms with Gasteiger partial charge in [0, 0.05) is 39.3 Å². The summed E-state index contributed by atoms with van der Waals surface area (Å²) in [5.74, 6) is 1.47. The van der Waals surface area contributed by atoms with Gasteiger partial charge >= 0.3 is 0 Å². The van der Waals surface area contributed by atoms with Crippen LogP contribution in [0.1, 0.15) is 21.6 Å². The minimum atomic E-state index is -0.104. The number of methoxy groups -OCH3 is 1. The Kier molecular flexibility index (Phi) is 8.03. The van der Waals surface area contributed by atoms with Crippen molar-refractivity contribution < 1.29 is 23.8 Å². The number of amides is 2. The Bertz CT molecular complexity index is 1250. The number of aromatic nitrogens is 3. The molecule has 7 rings (SSSR count). The van der Waals surface area contributed by atoms with Gasteiger partial charge in [-0.2, -0.15) is 0 Å². The van der Waals surface area contributed by atoms with E-state index in [-0.39, 0.29) is 18.4 Å². The van der Waals surface area contributed by atoms with Crippen molar-refractivity contribution in [3.63, 3.8) is 0 Å². The predicted octanol–water partition coefficient (Wildman–Crippen LogP) is 1.37. The molecule has 1 aromatic heterocycles. The molecule has 3 aromatic rings. The summed E-state index contributed by atoms with van der Waals surface area (Å²) < 4.78 is 19.1. The highest BCUT2D eigenvalue weighted by atomic mass is 16.5. The molecule has 4 aliphatic heterocycles. The van der Waals surface area contributed by atoms with Crippen LogP contribution in [-0.4, -0.2) is 89.6 Å². The van der Waals surface area contributed by atoms with Crippen molar-refractivity contribution in [2.24, 2.45) is 0 Å². The molecule has 1 fully saturated rings. The molecule has 0 unspecified atom stereocenters. The minimum absolute atomic E-state index is 0.0190. The first-order chi connectivity index (χ1) is 18.6. The summed E-state index contributed by atoms with van der Waals surface area (Å²) in [6, 6.07) is 12.9. The zero-order valence-corrected chi connectivity index (χ0v) is 21.5. The number of nitrogens with zero attached hydrogens (tertiary/aromatic N) is 5. The maximum Gasteiger partial charge on any atom is 0.257 e. The van der Waals surface area contributed by atoms with E-state index in [1.165, 1.54) is 0 Å². The number of ether oxygens (including phenoxy) is 3. The summed E-state index contributed by atoms with van der Waals surface area (Å²) in [4.78, 5) is 29.9. The highest BCUT2D eigenvalue weighted by molar-refractivity contribution is 5.98. The van der Waals surface area contributed by atoms with Crippen LogP contribution in [-0.2, 0) is 24.4 Å². The summed E-state index contributed by atoms with van der Waals surface area (Å²) in [5.41, 5.74) is 2.00. The van der Waals surface area contributed by atoms with Gasteiger partial charge in [0.1, 0.15) is 24.7 Å². The molecule has 2 amide bonds. The number of hydrogen-bond acceptors (Lipinski definition) is 8. The third-order valence-corrected chi connectivity index (χ3v) is 6.67. The van der Waals surface area contributed by atoms with Crippen LogP contribution in [0.2, 0.25) is 0 Å². The van der Waals surface area contributed by atoms with Gasteiger partial charge in [-0.25, -0.2) is 4.68 Å². The largest absolute Gasteiger partial charge is 0.493 e. The van der Waals surface area contributed by atoms with Crippen molar-refractivity contribution in [3.05, 3.63) is 65.5 Å². The van der Waals surface area contributed by atoms with E-state index in [0.717, 1.165) is 30.9 Å². The van der Waals surface area contributed by atoms with Gasteiger partial charge in [0.15, 0.2) is 11.5 Å². The second kappa shape index (κ2) is 12.0. The van der Waals surface area contributed by atoms with Gasteiger partial charge in [-0.05, 0) is 29.8 Å². The summed E-state index contributed by atoms with van der Waals surface area (Å²) in [7, 11) is 1.55. The van der Waals surface area contributed by atoms with Crippen LogP contribution >= 0.6 is 0 Å². The normalized spacial score (nSPS) is 17.7. The molecular weight excluding hydrogens is 488 g/mol. The van der Waals surface area contributed by atoms with Crippen molar-refractivity contribution >= 4 is 11.8 Å². The van der Waals surface area contributed by atoms with Crippen LogP contribution in [0.3, 0.4) is 0 Å². The lowest BCUT2D eigenvalue weighted by molar-refractivity contribution is -0.120. The van der Waals surface area contributed by atoms with Gasteiger partial charge in [0.2, 0.25) is 5.91 Å². The Balaban J connectivity index is 1.34. The number of hydrogen-bond donors (Lipinski definition) is 1. The van der Waals surface area contributed by atoms with Gasteiger partial charge in [0.05, 0.1) is 31.8 Å². The minimum Gasteiger partial charge on any atom is -0.493 e. The smallest absolute Gasteiger partial charge is 0.257 e. The van der Waals surface area contributed by atoms with E-state index in [9.17, 15) is 9.59 Å². The van der Waals surface area contributed by atoms with Crippen LogP contribution in [0.4, 0.5) is 0 Å². The molecule has 11 nitrogen and oxygen atoms in total. The Labute approximate surface area is 221 Å². The summed E-state index contributed by atoms with van der Waals surface area (Å²) in [6.45, 7) is 4.97. The van der Waals surface area contributed by atoms with Gasteiger partial charge in [0.25, 0.3) is 5.91 Å². The number of para-hydroxylation sites is 1. The molecular formula is C27H32N6O5. The lowest BCUT2D eigenvalue weighted by Crippen LogP contribution is -2.50. The number of rotatable bonds is 1. The highest BCUT2D eigenvalue weighted by Crippen LogP contribution is 2.33. The van der Waals surface area contributed by atoms with Gasteiger partial charge in [-0.15, -0.1) is 5.10 Å². The maximum atomic E-state index is 13.5. The van der Waals surface area contributed by atoms with Crippen LogP contribution < -0.4 is 19.5 Å². The second-order valence-electron chi connectivity index (χ2n) is 9.25. The molecule has 0 aliphatic carbocycles. The Morgan fingerprint density at radius 1 is 0.947 bits per heavy atom. The molecule has 1 N–H and O–H groups in total. The average molecular weight is 521 g/mol. The van der Waals surface area contributed by atoms with E-state index in [0.29, 0.717) is 62.0 Å². The Morgan fingerprint density at radius 3 is 2.55 bits per heavy atom. The van der Waals surface area contributed by atoms with Crippen LogP contribution in [0.25, 0.3) is 0 Å². The lowest BCUT2D eigenvalue weighted by atomic mass is 10.1. The van der Waals surface area contributed by atoms with E-state index in [4.69, 9.17) is 14.2 Å². The monoisotopic (exact) mass is 520 g/mol. The number of carbonyl (C=O) groups excluding carboxylic acids is 2. The van der Waals surface area contributed by atoms with E-state index >= 15 is 0 Å². The fourth-order valence-electron chi connectivity index (χ4n) is 4.56. The molecule has 6 bridgehead atoms. The second-order valence-corrected chi connectivity index (χ2v) is 9.25. The van der Waals surface area contributed by atoms with Gasteiger partial charge in [-0.1, -0.05) is 23.4 Å². The van der Waals surface area contributed by atoms with Crippen molar-refractivity contribution in [1.82, 2.24) is 30.1 Å². The molecule has 0 radical (unpaired) electrons. The number of piperazine rings is 1. The van der Waals surface area contributed by atoms with Gasteiger partial charge < -0.3 is 24.4 Å². The number of nitrogens with one attached hydrogen (secondary N) is 1. The first kappa shape index (κ1) is 25.5. The third-order valence-electron chi connectivity index (χ3n) is 6.67. The quantitative estimate of drug-likeness (QED) is 0.512. The topological polar surface area (TPSA) is 111 Å². The molecule has 4 aliphatic rings. The summed E-state index contributed by atoms with van der Waals surface area (Å²) in [5, 5.41) is 11.3. The molecule has 38 heavy (non-hydrogen) atoms. The third kappa shape index (κ3) is 6.23. The number of benzene rings is 2. The van der Waals surface area contributed by atoms with Crippen molar-refractivity contribution in [2.75, 3.05) is 53.0 Å². The molecule has 2 aromatic carbocycles. The zero-order chi connectivity index (χ0) is 26.3. The van der Waals surface area contributed by atoms with E-state index in [1.807, 2.05) is 29.2 Å². The van der Waals surface area contributed by atoms with Gasteiger partial charge in [-0.3, -0.25) is 14.5 Å². The Morgan fingerprint density at radius 2 is 1.76 bits per heavy atom. The highest BCUT2D eigenvalue weighted by Gasteiger charge is 2.26. The van der Waals surface area contributed by atoms with Crippen LogP contribution in [0.15, 0.2) is 48.7 Å². The first-order valence-corrected chi connectivity index (χ1v) is 12.8. The van der Waals surface area contributed by atoms with Crippen LogP contribution in [0, 0.1) is 0 Å². The molecule has 5 heterocycles. The fourth-order valence-corrected chi connectivity index (χ4v) is 4.56. The molecule has 200 valence electrons. The number of fused-ring (bicyclic) bond motifs is 2. The molecule has 0 spiro atoms. The number of carbonyl (C=O) groups is 2. The van der Waals surface area contributed by atoms with E-state index < -0.39 is 0 Å². The molecule has 1 saturated heterocycles. The first-order valence-electron chi connectivity index (χ1n) is 12.8. The predicted molar refractivity (Wildman–Crippen MR) is 138 cm³/mol. The maximum absolute atomic E-state index is 13.5. The molecule has 11 heteroatoms.